The summed E-state index contributed by atoms with van der Waals surface area (Å²) in [6, 6.07) is 0.977. The lowest BCUT2D eigenvalue weighted by atomic mass is 10.2. The molecule has 11 heteroatoms. The van der Waals surface area contributed by atoms with Crippen molar-refractivity contribution in [2.45, 2.75) is 77.5 Å². The highest BCUT2D eigenvalue weighted by Gasteiger charge is 2.31. The molecule has 35 heavy (non-hydrogen) atoms. The second-order valence-electron chi connectivity index (χ2n) is 10.9. The summed E-state index contributed by atoms with van der Waals surface area (Å²) in [7, 11) is 0.411. The monoisotopic (exact) mass is 518 g/mol. The van der Waals surface area contributed by atoms with Gasteiger partial charge in [0.05, 0.1) is 18.8 Å². The number of amides is 1. The Bertz CT molecular complexity index is 747. The van der Waals surface area contributed by atoms with E-state index >= 15 is 0 Å². The van der Waals surface area contributed by atoms with Crippen LogP contribution in [0, 0.1) is 5.92 Å². The molecule has 8 nitrogen and oxygen atoms in total. The van der Waals surface area contributed by atoms with Crippen LogP contribution in [0.5, 0.6) is 0 Å². The van der Waals surface area contributed by atoms with Crippen LogP contribution in [0.3, 0.4) is 0 Å². The van der Waals surface area contributed by atoms with Crippen LogP contribution in [0.2, 0.25) is 25.7 Å². The van der Waals surface area contributed by atoms with E-state index in [1.54, 1.807) is 32.8 Å². The molecule has 0 aromatic rings. The molecule has 1 unspecified atom stereocenters. The van der Waals surface area contributed by atoms with Crippen molar-refractivity contribution in [3.8, 4) is 0 Å². The molecule has 0 aliphatic heterocycles. The van der Waals surface area contributed by atoms with Gasteiger partial charge in [-0.1, -0.05) is 26.2 Å². The van der Waals surface area contributed by atoms with Crippen molar-refractivity contribution >= 4 is 20.0 Å². The number of alkyl carbamates (subject to hydrolysis) is 1. The number of ether oxygens (including phenoxy) is 3. The molecule has 1 aliphatic rings. The molecule has 1 aliphatic carbocycles. The van der Waals surface area contributed by atoms with Crippen LogP contribution in [0.1, 0.15) is 40.0 Å². The molecule has 1 rings (SSSR count). The summed E-state index contributed by atoms with van der Waals surface area (Å²) in [5.74, 6) is 0.505. The molecule has 1 saturated carbocycles. The van der Waals surface area contributed by atoms with Crippen molar-refractivity contribution in [1.29, 1.82) is 0 Å². The van der Waals surface area contributed by atoms with E-state index in [0.717, 1.165) is 24.7 Å². The number of nitrogens with zero attached hydrogens (tertiary/aromatic N) is 2. The van der Waals surface area contributed by atoms with Gasteiger partial charge in [0, 0.05) is 46.2 Å². The lowest BCUT2D eigenvalue weighted by molar-refractivity contribution is -0.117. The Morgan fingerprint density at radius 2 is 1.97 bits per heavy atom. The van der Waals surface area contributed by atoms with E-state index in [1.165, 1.54) is 0 Å². The quantitative estimate of drug-likeness (QED) is 0.0780. The minimum absolute atomic E-state index is 0.113. The number of carbonyl (C=O) groups excluding carboxylic acids is 1. The van der Waals surface area contributed by atoms with Crippen molar-refractivity contribution in [2.75, 3.05) is 33.5 Å². The van der Waals surface area contributed by atoms with Crippen LogP contribution < -0.4 is 10.7 Å². The number of hydrogen-bond donors (Lipinski definition) is 2. The van der Waals surface area contributed by atoms with Gasteiger partial charge in [0.2, 0.25) is 0 Å². The Labute approximate surface area is 210 Å². The maximum atomic E-state index is 13.9. The minimum Gasteiger partial charge on any atom is -0.444 e. The highest BCUT2D eigenvalue weighted by molar-refractivity contribution is 6.76. The van der Waals surface area contributed by atoms with E-state index in [-0.39, 0.29) is 31.9 Å². The second-order valence-corrected chi connectivity index (χ2v) is 16.5. The Kier molecular flexibility index (Phi) is 13.1. The normalized spacial score (nSPS) is 16.3. The number of amidine groups is 1. The minimum atomic E-state index is -1.28. The van der Waals surface area contributed by atoms with Crippen LogP contribution in [-0.4, -0.2) is 70.4 Å². The zero-order valence-corrected chi connectivity index (χ0v) is 23.4. The average molecular weight is 519 g/mol. The Hall–Kier alpha value is -1.82. The summed E-state index contributed by atoms with van der Waals surface area (Å²) in [5.41, 5.74) is 2.71. The zero-order chi connectivity index (χ0) is 26.6. The van der Waals surface area contributed by atoms with Crippen LogP contribution in [0.4, 0.5) is 13.6 Å². The van der Waals surface area contributed by atoms with E-state index in [4.69, 9.17) is 14.2 Å². The molecule has 2 N–H and O–H groups in total. The molecule has 1 atom stereocenters. The number of halogens is 2. The zero-order valence-electron chi connectivity index (χ0n) is 22.4. The van der Waals surface area contributed by atoms with Gasteiger partial charge in [-0.2, -0.15) is 5.01 Å². The topological polar surface area (TPSA) is 84.4 Å². The van der Waals surface area contributed by atoms with Gasteiger partial charge in [-0.3, -0.25) is 4.99 Å². The molecule has 202 valence electrons. The smallest absolute Gasteiger partial charge is 0.407 e. The van der Waals surface area contributed by atoms with E-state index in [9.17, 15) is 13.6 Å². The van der Waals surface area contributed by atoms with Gasteiger partial charge in [0.25, 0.3) is 0 Å². The van der Waals surface area contributed by atoms with Gasteiger partial charge in [0.15, 0.2) is 0 Å². The molecule has 0 aromatic heterocycles. The van der Waals surface area contributed by atoms with Crippen LogP contribution in [0.25, 0.3) is 0 Å². The van der Waals surface area contributed by atoms with Crippen LogP contribution >= 0.6 is 0 Å². The Morgan fingerprint density at radius 1 is 1.31 bits per heavy atom. The summed E-state index contributed by atoms with van der Waals surface area (Å²) in [4.78, 5) is 16.2. The number of nitrogens with one attached hydrogen (secondary N) is 2. The van der Waals surface area contributed by atoms with Crippen molar-refractivity contribution in [2.24, 2.45) is 10.9 Å². The van der Waals surface area contributed by atoms with Gasteiger partial charge >= 0.3 is 6.09 Å². The fourth-order valence-electron chi connectivity index (χ4n) is 2.83. The molecule has 1 amide bonds. The van der Waals surface area contributed by atoms with E-state index in [2.05, 4.69) is 42.0 Å². The highest BCUT2D eigenvalue weighted by atomic mass is 28.3. The summed E-state index contributed by atoms with van der Waals surface area (Å²) < 4.78 is 44.3. The van der Waals surface area contributed by atoms with Crippen molar-refractivity contribution in [1.82, 2.24) is 15.8 Å². The van der Waals surface area contributed by atoms with Gasteiger partial charge in [-0.15, -0.1) is 0 Å². The summed E-state index contributed by atoms with van der Waals surface area (Å²) in [6.07, 6.45) is 0.756. The Balaban J connectivity index is 2.83. The summed E-state index contributed by atoms with van der Waals surface area (Å²) >= 11 is 0. The lowest BCUT2D eigenvalue weighted by Gasteiger charge is -2.32. The Morgan fingerprint density at radius 3 is 2.46 bits per heavy atom. The molecular weight excluding hydrogens is 474 g/mol. The van der Waals surface area contributed by atoms with E-state index < -0.39 is 31.8 Å². The first-order chi connectivity index (χ1) is 16.2. The summed E-state index contributed by atoms with van der Waals surface area (Å²) in [5, 5.41) is 4.13. The third kappa shape index (κ3) is 15.0. The number of hydrogen-bond acceptors (Lipinski definition) is 6. The van der Waals surface area contributed by atoms with Crippen LogP contribution in [-0.2, 0) is 14.2 Å². The molecule has 0 radical (unpaired) electrons. The maximum absolute atomic E-state index is 13.9. The number of carbonyl (C=O) groups is 1. The van der Waals surface area contributed by atoms with E-state index in [1.807, 2.05) is 0 Å². The molecule has 0 heterocycles. The number of hydrazine groups is 1. The third-order valence-electron chi connectivity index (χ3n) is 4.91. The molecule has 1 fully saturated rings. The fraction of sp³-hybridized carbons (Fsp3) is 0.750. The standard InChI is InChI=1S/C24H44F2N4O4Si/c1-18(26)13-21(33-16-19(14-25)15-28-23(31)34-24(2,3)4)30(17-32-11-12-35(6,7)8)29-22(27-5)20-9-10-20/h14,20-21H,1,9-13,15-17H2,2-8H3,(H,27,29)(H,28,31)/b19-14+. The number of rotatable bonds is 15. The van der Waals surface area contributed by atoms with Crippen molar-refractivity contribution in [3.63, 3.8) is 0 Å². The van der Waals surface area contributed by atoms with E-state index in [0.29, 0.717) is 18.9 Å². The van der Waals surface area contributed by atoms with Crippen molar-refractivity contribution < 1.29 is 27.8 Å². The molecule has 0 saturated heterocycles. The fourth-order valence-corrected chi connectivity index (χ4v) is 3.59. The first kappa shape index (κ1) is 31.2. The molecule has 0 aromatic carbocycles. The molecule has 0 spiro atoms. The average Bonchev–Trinajstić information content (AvgIpc) is 3.55. The third-order valence-corrected chi connectivity index (χ3v) is 6.61. The van der Waals surface area contributed by atoms with Gasteiger partial charge < -0.3 is 25.0 Å². The predicted molar refractivity (Wildman–Crippen MR) is 138 cm³/mol. The first-order valence-electron chi connectivity index (χ1n) is 12.0. The molecular formula is C24H44F2N4O4Si. The summed E-state index contributed by atoms with van der Waals surface area (Å²) in [6.45, 7) is 15.7. The largest absolute Gasteiger partial charge is 0.444 e. The van der Waals surface area contributed by atoms with Gasteiger partial charge in [-0.05, 0) is 39.7 Å². The maximum Gasteiger partial charge on any atom is 0.407 e. The van der Waals surface area contributed by atoms with Crippen LogP contribution in [0.15, 0.2) is 29.3 Å². The second kappa shape index (κ2) is 14.7. The predicted octanol–water partition coefficient (Wildman–Crippen LogP) is 5.14. The van der Waals surface area contributed by atoms with Crippen molar-refractivity contribution in [3.05, 3.63) is 24.3 Å². The SMILES string of the molecule is C=C(F)CC(OC/C(=C/F)CNC(=O)OC(C)(C)C)N(COCC[Si](C)(C)C)NC(=NC)C1CC1. The van der Waals surface area contributed by atoms with Gasteiger partial charge in [-0.25, -0.2) is 13.6 Å². The van der Waals surface area contributed by atoms with Gasteiger partial charge in [0.1, 0.15) is 24.4 Å². The highest BCUT2D eigenvalue weighted by Crippen LogP contribution is 2.30. The lowest BCUT2D eigenvalue weighted by Crippen LogP contribution is -2.51. The number of aliphatic imine (C=N–C) groups is 1. The molecule has 0 bridgehead atoms. The first-order valence-corrected chi connectivity index (χ1v) is 15.7.